The SMILES string of the molecule is CC(CO)CNS(=O)(=O)/C=C/c1ccc(Br)cc1. The van der Waals surface area contributed by atoms with Crippen molar-refractivity contribution in [1.82, 2.24) is 4.72 Å². The Labute approximate surface area is 116 Å². The molecule has 0 aliphatic heterocycles. The molecule has 0 bridgehead atoms. The Hall–Kier alpha value is -0.690. The number of benzene rings is 1. The van der Waals surface area contributed by atoms with E-state index in [-0.39, 0.29) is 19.1 Å². The zero-order valence-electron chi connectivity index (χ0n) is 10.0. The Balaban J connectivity index is 2.62. The summed E-state index contributed by atoms with van der Waals surface area (Å²) < 4.78 is 26.6. The number of aliphatic hydroxyl groups excluding tert-OH is 1. The maximum absolute atomic E-state index is 11.6. The molecule has 100 valence electrons. The van der Waals surface area contributed by atoms with E-state index < -0.39 is 10.0 Å². The third-order valence-corrected chi connectivity index (χ3v) is 3.85. The summed E-state index contributed by atoms with van der Waals surface area (Å²) in [7, 11) is -3.45. The number of nitrogens with one attached hydrogen (secondary N) is 1. The molecule has 0 aromatic heterocycles. The molecule has 1 atom stereocenters. The summed E-state index contributed by atoms with van der Waals surface area (Å²) in [6, 6.07) is 7.31. The van der Waals surface area contributed by atoms with Crippen molar-refractivity contribution in [3.05, 3.63) is 39.7 Å². The van der Waals surface area contributed by atoms with E-state index in [1.54, 1.807) is 6.92 Å². The molecule has 0 aliphatic rings. The second-order valence-corrected chi connectivity index (χ2v) is 6.60. The Morgan fingerprint density at radius 3 is 2.56 bits per heavy atom. The maximum Gasteiger partial charge on any atom is 0.233 e. The van der Waals surface area contributed by atoms with Crippen molar-refractivity contribution in [2.75, 3.05) is 13.2 Å². The minimum atomic E-state index is -3.45. The molecule has 0 spiro atoms. The van der Waals surface area contributed by atoms with Gasteiger partial charge in [-0.2, -0.15) is 0 Å². The smallest absolute Gasteiger partial charge is 0.233 e. The van der Waals surface area contributed by atoms with Crippen LogP contribution in [0.3, 0.4) is 0 Å². The van der Waals surface area contributed by atoms with Crippen molar-refractivity contribution < 1.29 is 13.5 Å². The van der Waals surface area contributed by atoms with Gasteiger partial charge in [-0.25, -0.2) is 13.1 Å². The van der Waals surface area contributed by atoms with Gasteiger partial charge in [0.05, 0.1) is 0 Å². The van der Waals surface area contributed by atoms with Gasteiger partial charge in [-0.05, 0) is 29.7 Å². The van der Waals surface area contributed by atoms with Crippen LogP contribution in [0.4, 0.5) is 0 Å². The summed E-state index contributed by atoms with van der Waals surface area (Å²) in [5.74, 6) is -0.0964. The van der Waals surface area contributed by atoms with Gasteiger partial charge in [0, 0.05) is 23.0 Å². The highest BCUT2D eigenvalue weighted by Crippen LogP contribution is 2.11. The van der Waals surface area contributed by atoms with Crippen molar-refractivity contribution in [3.8, 4) is 0 Å². The summed E-state index contributed by atoms with van der Waals surface area (Å²) in [5, 5.41) is 9.93. The maximum atomic E-state index is 11.6. The number of rotatable bonds is 6. The molecule has 0 aliphatic carbocycles. The summed E-state index contributed by atoms with van der Waals surface area (Å²) in [6.45, 7) is 1.95. The summed E-state index contributed by atoms with van der Waals surface area (Å²) >= 11 is 3.31. The molecule has 1 rings (SSSR count). The van der Waals surface area contributed by atoms with Crippen LogP contribution in [0.2, 0.25) is 0 Å². The van der Waals surface area contributed by atoms with Gasteiger partial charge in [-0.15, -0.1) is 0 Å². The minimum absolute atomic E-state index is 0.0427. The predicted molar refractivity (Wildman–Crippen MR) is 76.3 cm³/mol. The van der Waals surface area contributed by atoms with E-state index in [0.29, 0.717) is 0 Å². The van der Waals surface area contributed by atoms with E-state index in [2.05, 4.69) is 20.7 Å². The van der Waals surface area contributed by atoms with E-state index in [4.69, 9.17) is 5.11 Å². The Kier molecular flexibility index (Phi) is 6.01. The fraction of sp³-hybridized carbons (Fsp3) is 0.333. The van der Waals surface area contributed by atoms with E-state index in [9.17, 15) is 8.42 Å². The van der Waals surface area contributed by atoms with Crippen LogP contribution in [0, 0.1) is 5.92 Å². The van der Waals surface area contributed by atoms with Crippen LogP contribution in [0.1, 0.15) is 12.5 Å². The van der Waals surface area contributed by atoms with Crippen LogP contribution < -0.4 is 4.72 Å². The number of halogens is 1. The first-order chi connectivity index (χ1) is 8.43. The van der Waals surface area contributed by atoms with Crippen molar-refractivity contribution >= 4 is 32.0 Å². The molecule has 18 heavy (non-hydrogen) atoms. The molecule has 1 aromatic rings. The van der Waals surface area contributed by atoms with Gasteiger partial charge in [-0.1, -0.05) is 35.0 Å². The minimum Gasteiger partial charge on any atom is -0.396 e. The zero-order chi connectivity index (χ0) is 13.6. The van der Waals surface area contributed by atoms with Crippen LogP contribution in [0.5, 0.6) is 0 Å². The molecule has 1 aromatic carbocycles. The van der Waals surface area contributed by atoms with Crippen LogP contribution in [0.15, 0.2) is 34.1 Å². The molecule has 4 nitrogen and oxygen atoms in total. The summed E-state index contributed by atoms with van der Waals surface area (Å²) in [4.78, 5) is 0. The highest BCUT2D eigenvalue weighted by atomic mass is 79.9. The molecule has 0 amide bonds. The molecule has 0 fully saturated rings. The molecule has 0 saturated heterocycles. The number of aliphatic hydroxyl groups is 1. The first kappa shape index (κ1) is 15.4. The second kappa shape index (κ2) is 7.04. The molecular weight excluding hydrogens is 318 g/mol. The molecular formula is C12H16BrNO3S. The fourth-order valence-electron chi connectivity index (χ4n) is 1.11. The van der Waals surface area contributed by atoms with Crippen molar-refractivity contribution in [2.45, 2.75) is 6.92 Å². The zero-order valence-corrected chi connectivity index (χ0v) is 12.4. The lowest BCUT2D eigenvalue weighted by molar-refractivity contribution is 0.239. The molecule has 1 unspecified atom stereocenters. The monoisotopic (exact) mass is 333 g/mol. The van der Waals surface area contributed by atoms with E-state index in [0.717, 1.165) is 15.4 Å². The number of hydrogen-bond donors (Lipinski definition) is 2. The normalized spacial score (nSPS) is 13.9. The van der Waals surface area contributed by atoms with Gasteiger partial charge in [0.15, 0.2) is 0 Å². The average Bonchev–Trinajstić information content (AvgIpc) is 2.35. The first-order valence-electron chi connectivity index (χ1n) is 5.47. The van der Waals surface area contributed by atoms with E-state index in [1.165, 1.54) is 6.08 Å². The molecule has 0 radical (unpaired) electrons. The molecule has 0 saturated carbocycles. The molecule has 2 N–H and O–H groups in total. The topological polar surface area (TPSA) is 66.4 Å². The Bertz CT molecular complexity index is 497. The van der Waals surface area contributed by atoms with Gasteiger partial charge in [-0.3, -0.25) is 0 Å². The number of sulfonamides is 1. The van der Waals surface area contributed by atoms with Crippen LogP contribution >= 0.6 is 15.9 Å². The van der Waals surface area contributed by atoms with Gasteiger partial charge in [0.1, 0.15) is 0 Å². The van der Waals surface area contributed by atoms with Gasteiger partial charge >= 0.3 is 0 Å². The third-order valence-electron chi connectivity index (χ3n) is 2.25. The first-order valence-corrected chi connectivity index (χ1v) is 7.81. The lowest BCUT2D eigenvalue weighted by Gasteiger charge is -2.07. The predicted octanol–water partition coefficient (Wildman–Crippen LogP) is 1.97. The van der Waals surface area contributed by atoms with Gasteiger partial charge in [0.2, 0.25) is 10.0 Å². The van der Waals surface area contributed by atoms with Crippen molar-refractivity contribution in [1.29, 1.82) is 0 Å². The average molecular weight is 334 g/mol. The fourth-order valence-corrected chi connectivity index (χ4v) is 2.33. The standard InChI is InChI=1S/C12H16BrNO3S/c1-10(9-15)8-14-18(16,17)7-6-11-2-4-12(13)5-3-11/h2-7,10,14-15H,8-9H2,1H3/b7-6+. The quantitative estimate of drug-likeness (QED) is 0.836. The Morgan fingerprint density at radius 2 is 2.00 bits per heavy atom. The number of hydrogen-bond acceptors (Lipinski definition) is 3. The summed E-state index contributed by atoms with van der Waals surface area (Å²) in [6.07, 6.45) is 1.53. The van der Waals surface area contributed by atoms with Crippen molar-refractivity contribution in [3.63, 3.8) is 0 Å². The van der Waals surface area contributed by atoms with Crippen molar-refractivity contribution in [2.24, 2.45) is 5.92 Å². The highest BCUT2D eigenvalue weighted by molar-refractivity contribution is 9.10. The lowest BCUT2D eigenvalue weighted by atomic mass is 10.2. The lowest BCUT2D eigenvalue weighted by Crippen LogP contribution is -2.27. The molecule has 6 heteroatoms. The van der Waals surface area contributed by atoms with Crippen LogP contribution in [-0.4, -0.2) is 26.7 Å². The highest BCUT2D eigenvalue weighted by Gasteiger charge is 2.07. The van der Waals surface area contributed by atoms with Gasteiger partial charge < -0.3 is 5.11 Å². The Morgan fingerprint density at radius 1 is 1.39 bits per heavy atom. The third kappa shape index (κ3) is 5.77. The van der Waals surface area contributed by atoms with Gasteiger partial charge in [0.25, 0.3) is 0 Å². The van der Waals surface area contributed by atoms with E-state index >= 15 is 0 Å². The van der Waals surface area contributed by atoms with E-state index in [1.807, 2.05) is 24.3 Å². The molecule has 0 heterocycles. The van der Waals surface area contributed by atoms with Crippen LogP contribution in [-0.2, 0) is 10.0 Å². The van der Waals surface area contributed by atoms with Crippen LogP contribution in [0.25, 0.3) is 6.08 Å². The largest absolute Gasteiger partial charge is 0.396 e. The second-order valence-electron chi connectivity index (χ2n) is 4.04. The summed E-state index contributed by atoms with van der Waals surface area (Å²) in [5.41, 5.74) is 0.804.